The van der Waals surface area contributed by atoms with Crippen molar-refractivity contribution in [3.05, 3.63) is 53.9 Å². The maximum absolute atomic E-state index is 12.8. The summed E-state index contributed by atoms with van der Waals surface area (Å²) in [7, 11) is 3.23. The number of benzene rings is 2. The Morgan fingerprint density at radius 2 is 1.94 bits per heavy atom. The summed E-state index contributed by atoms with van der Waals surface area (Å²) >= 11 is 1.43. The molecule has 0 spiro atoms. The fourth-order valence-electron chi connectivity index (χ4n) is 3.91. The number of carbonyl (C=O) groups is 1. The second-order valence-electron chi connectivity index (χ2n) is 8.04. The smallest absolute Gasteiger partial charge is 0.230 e. The van der Waals surface area contributed by atoms with E-state index < -0.39 is 0 Å². The van der Waals surface area contributed by atoms with Crippen LogP contribution >= 0.6 is 11.8 Å². The predicted molar refractivity (Wildman–Crippen MR) is 132 cm³/mol. The number of thioether (sulfide) groups is 1. The molecule has 180 valence electrons. The van der Waals surface area contributed by atoms with Crippen LogP contribution < -0.4 is 14.8 Å². The Labute approximate surface area is 204 Å². The van der Waals surface area contributed by atoms with Crippen molar-refractivity contribution in [1.82, 2.24) is 20.2 Å². The van der Waals surface area contributed by atoms with E-state index in [1.807, 2.05) is 49.4 Å². The molecule has 8 nitrogen and oxygen atoms in total. The molecule has 2 heterocycles. The highest BCUT2D eigenvalue weighted by Gasteiger charge is 2.18. The molecule has 0 radical (unpaired) electrons. The van der Waals surface area contributed by atoms with Crippen molar-refractivity contribution >= 4 is 28.6 Å². The summed E-state index contributed by atoms with van der Waals surface area (Å²) in [5, 5.41) is 4.83. The Hall–Kier alpha value is -2.88. The maximum atomic E-state index is 12.8. The molecular formula is C25H30N4O4S. The fraction of sp³-hybridized carbons (Fsp3) is 0.400. The van der Waals surface area contributed by atoms with Crippen molar-refractivity contribution in [3.8, 4) is 11.5 Å². The Morgan fingerprint density at radius 3 is 2.71 bits per heavy atom. The lowest BCUT2D eigenvalue weighted by atomic mass is 10.1. The van der Waals surface area contributed by atoms with Crippen LogP contribution in [-0.4, -0.2) is 67.1 Å². The van der Waals surface area contributed by atoms with Gasteiger partial charge in [-0.1, -0.05) is 30.0 Å². The van der Waals surface area contributed by atoms with Gasteiger partial charge in [0.15, 0.2) is 0 Å². The zero-order valence-corrected chi connectivity index (χ0v) is 20.6. The van der Waals surface area contributed by atoms with Gasteiger partial charge < -0.3 is 19.5 Å². The number of ether oxygens (including phenoxy) is 3. The number of nitrogens with one attached hydrogen (secondary N) is 1. The van der Waals surface area contributed by atoms with E-state index in [0.717, 1.165) is 53.6 Å². The van der Waals surface area contributed by atoms with Crippen LogP contribution in [0.1, 0.15) is 24.4 Å². The minimum Gasteiger partial charge on any atom is -0.497 e. The summed E-state index contributed by atoms with van der Waals surface area (Å²) in [6.45, 7) is 5.79. The van der Waals surface area contributed by atoms with Gasteiger partial charge in [0.1, 0.15) is 22.3 Å². The van der Waals surface area contributed by atoms with Gasteiger partial charge in [-0.2, -0.15) is 0 Å². The molecule has 1 amide bonds. The summed E-state index contributed by atoms with van der Waals surface area (Å²) in [5.74, 6) is 2.34. The zero-order valence-electron chi connectivity index (χ0n) is 19.7. The van der Waals surface area contributed by atoms with Gasteiger partial charge in [-0.05, 0) is 31.2 Å². The molecule has 4 rings (SSSR count). The zero-order chi connectivity index (χ0) is 23.9. The number of amides is 1. The molecule has 1 aromatic heterocycles. The van der Waals surface area contributed by atoms with E-state index in [2.05, 4.69) is 10.2 Å². The van der Waals surface area contributed by atoms with Crippen LogP contribution in [0.25, 0.3) is 10.9 Å². The number of para-hydroxylation sites is 1. The summed E-state index contributed by atoms with van der Waals surface area (Å²) in [6, 6.07) is 13.2. The van der Waals surface area contributed by atoms with Gasteiger partial charge in [0.2, 0.25) is 5.91 Å². The molecule has 1 saturated heterocycles. The monoisotopic (exact) mass is 482 g/mol. The number of methoxy groups -OCH3 is 2. The molecule has 1 aliphatic rings. The molecule has 1 unspecified atom stereocenters. The molecule has 0 bridgehead atoms. The Kier molecular flexibility index (Phi) is 8.21. The van der Waals surface area contributed by atoms with Crippen LogP contribution in [0, 0.1) is 0 Å². The van der Waals surface area contributed by atoms with E-state index in [0.29, 0.717) is 18.0 Å². The van der Waals surface area contributed by atoms with E-state index in [1.165, 1.54) is 11.8 Å². The van der Waals surface area contributed by atoms with Crippen LogP contribution in [0.5, 0.6) is 11.5 Å². The third kappa shape index (κ3) is 5.97. The number of nitrogens with zero attached hydrogens (tertiary/aromatic N) is 3. The lowest BCUT2D eigenvalue weighted by Crippen LogP contribution is -2.36. The van der Waals surface area contributed by atoms with Crippen LogP contribution in [-0.2, 0) is 16.1 Å². The minimum atomic E-state index is -0.239. The number of carbonyl (C=O) groups excluding carboxylic acids is 1. The number of rotatable bonds is 9. The molecule has 34 heavy (non-hydrogen) atoms. The number of fused-ring (bicyclic) bond motifs is 1. The van der Waals surface area contributed by atoms with Crippen molar-refractivity contribution < 1.29 is 19.0 Å². The van der Waals surface area contributed by atoms with Crippen molar-refractivity contribution in [2.24, 2.45) is 0 Å². The summed E-state index contributed by atoms with van der Waals surface area (Å²) < 4.78 is 16.2. The minimum absolute atomic E-state index is 0.0835. The van der Waals surface area contributed by atoms with Crippen molar-refractivity contribution in [2.75, 3.05) is 46.3 Å². The van der Waals surface area contributed by atoms with Crippen molar-refractivity contribution in [3.63, 3.8) is 0 Å². The lowest BCUT2D eigenvalue weighted by Gasteiger charge is -2.25. The summed E-state index contributed by atoms with van der Waals surface area (Å²) in [6.07, 6.45) is 0. The van der Waals surface area contributed by atoms with Gasteiger partial charge in [0.05, 0.1) is 51.3 Å². The van der Waals surface area contributed by atoms with E-state index >= 15 is 0 Å². The van der Waals surface area contributed by atoms with Gasteiger partial charge in [-0.15, -0.1) is 0 Å². The van der Waals surface area contributed by atoms with Crippen LogP contribution in [0.4, 0.5) is 0 Å². The summed E-state index contributed by atoms with van der Waals surface area (Å²) in [4.78, 5) is 24.7. The van der Waals surface area contributed by atoms with Crippen molar-refractivity contribution in [1.29, 1.82) is 0 Å². The highest BCUT2D eigenvalue weighted by atomic mass is 32.2. The SMILES string of the molecule is COc1ccc(OC)c(C(C)NC(=O)CSc2nc(CN3CCOCC3)nc3ccccc23)c1. The summed E-state index contributed by atoms with van der Waals surface area (Å²) in [5.41, 5.74) is 1.75. The van der Waals surface area contributed by atoms with E-state index in [4.69, 9.17) is 24.2 Å². The molecule has 1 N–H and O–H groups in total. The Bertz CT molecular complexity index is 1140. The maximum Gasteiger partial charge on any atom is 0.230 e. The van der Waals surface area contributed by atoms with E-state index in [-0.39, 0.29) is 17.7 Å². The van der Waals surface area contributed by atoms with Gasteiger partial charge >= 0.3 is 0 Å². The molecule has 0 saturated carbocycles. The highest BCUT2D eigenvalue weighted by Crippen LogP contribution is 2.30. The second kappa shape index (κ2) is 11.5. The third-order valence-corrected chi connectivity index (χ3v) is 6.70. The first kappa shape index (κ1) is 24.3. The largest absolute Gasteiger partial charge is 0.497 e. The number of hydrogen-bond acceptors (Lipinski definition) is 8. The second-order valence-corrected chi connectivity index (χ2v) is 9.00. The Morgan fingerprint density at radius 1 is 1.15 bits per heavy atom. The van der Waals surface area contributed by atoms with Gasteiger partial charge in [-0.25, -0.2) is 9.97 Å². The van der Waals surface area contributed by atoms with Crippen LogP contribution in [0.15, 0.2) is 47.5 Å². The third-order valence-electron chi connectivity index (χ3n) is 5.70. The molecule has 1 atom stereocenters. The molecule has 9 heteroatoms. The lowest BCUT2D eigenvalue weighted by molar-refractivity contribution is -0.119. The number of aromatic nitrogens is 2. The number of hydrogen-bond donors (Lipinski definition) is 1. The highest BCUT2D eigenvalue weighted by molar-refractivity contribution is 8.00. The number of morpholine rings is 1. The molecule has 1 aliphatic heterocycles. The molecule has 1 fully saturated rings. The molecule has 2 aromatic carbocycles. The topological polar surface area (TPSA) is 85.8 Å². The van der Waals surface area contributed by atoms with E-state index in [9.17, 15) is 4.79 Å². The fourth-order valence-corrected chi connectivity index (χ4v) is 4.76. The predicted octanol–water partition coefficient (Wildman–Crippen LogP) is 3.45. The first-order valence-electron chi connectivity index (χ1n) is 11.3. The average Bonchev–Trinajstić information content (AvgIpc) is 2.87. The van der Waals surface area contributed by atoms with Gasteiger partial charge in [0.25, 0.3) is 0 Å². The van der Waals surface area contributed by atoms with Gasteiger partial charge in [-0.3, -0.25) is 9.69 Å². The quantitative estimate of drug-likeness (QED) is 0.367. The Balaban J connectivity index is 1.45. The van der Waals surface area contributed by atoms with Gasteiger partial charge in [0, 0.05) is 24.0 Å². The average molecular weight is 483 g/mol. The standard InChI is InChI=1S/C25H30N4O4S/c1-17(20-14-18(31-2)8-9-22(20)32-3)26-24(30)16-34-25-19-6-4-5-7-21(19)27-23(28-25)15-29-10-12-33-13-11-29/h4-9,14,17H,10-13,15-16H2,1-3H3,(H,26,30). The first-order valence-corrected chi connectivity index (χ1v) is 12.3. The molecule has 3 aromatic rings. The first-order chi connectivity index (χ1) is 16.6. The van der Waals surface area contributed by atoms with Crippen molar-refractivity contribution in [2.45, 2.75) is 24.5 Å². The molecular weight excluding hydrogens is 452 g/mol. The van der Waals surface area contributed by atoms with E-state index in [1.54, 1.807) is 14.2 Å². The van der Waals surface area contributed by atoms with Crippen LogP contribution in [0.3, 0.4) is 0 Å². The normalized spacial score (nSPS) is 15.1. The van der Waals surface area contributed by atoms with Crippen LogP contribution in [0.2, 0.25) is 0 Å². The molecule has 0 aliphatic carbocycles.